The van der Waals surface area contributed by atoms with Crippen LogP contribution in [0.2, 0.25) is 0 Å². The van der Waals surface area contributed by atoms with Crippen molar-refractivity contribution < 1.29 is 19.5 Å². The minimum absolute atomic E-state index is 0.201. The molecule has 1 aliphatic rings. The Hall–Kier alpha value is -2.37. The van der Waals surface area contributed by atoms with E-state index in [0.717, 1.165) is 0 Å². The summed E-state index contributed by atoms with van der Waals surface area (Å²) >= 11 is 0. The summed E-state index contributed by atoms with van der Waals surface area (Å²) in [6.45, 7) is 4.93. The van der Waals surface area contributed by atoms with Gasteiger partial charge in [-0.1, -0.05) is 19.9 Å². The third kappa shape index (κ3) is 3.04. The van der Waals surface area contributed by atoms with Crippen LogP contribution in [0.15, 0.2) is 24.3 Å². The normalized spacial score (nSPS) is 22.2. The van der Waals surface area contributed by atoms with Crippen molar-refractivity contribution in [2.75, 3.05) is 10.6 Å². The predicted molar refractivity (Wildman–Crippen MR) is 77.8 cm³/mol. The van der Waals surface area contributed by atoms with E-state index < -0.39 is 23.2 Å². The number of carbonyl (C=O) groups excluding carboxylic acids is 2. The number of amides is 2. The Labute approximate surface area is 122 Å². The maximum absolute atomic E-state index is 12.2. The maximum Gasteiger partial charge on any atom is 0.307 e. The van der Waals surface area contributed by atoms with E-state index in [0.29, 0.717) is 11.4 Å². The predicted octanol–water partition coefficient (Wildman–Crippen LogP) is 1.94. The van der Waals surface area contributed by atoms with E-state index in [9.17, 15) is 14.4 Å². The lowest BCUT2D eigenvalue weighted by Crippen LogP contribution is -2.18. The number of hydrogen-bond donors (Lipinski definition) is 3. The largest absolute Gasteiger partial charge is 0.481 e. The highest BCUT2D eigenvalue weighted by molar-refractivity contribution is 6.00. The van der Waals surface area contributed by atoms with Gasteiger partial charge >= 0.3 is 5.97 Å². The summed E-state index contributed by atoms with van der Waals surface area (Å²) in [6, 6.07) is 6.73. The Bertz CT molecular complexity index is 609. The van der Waals surface area contributed by atoms with Gasteiger partial charge in [-0.3, -0.25) is 14.4 Å². The Morgan fingerprint density at radius 1 is 1.10 bits per heavy atom. The van der Waals surface area contributed by atoms with Crippen LogP contribution in [0.1, 0.15) is 20.8 Å². The topological polar surface area (TPSA) is 95.5 Å². The number of hydrogen-bond acceptors (Lipinski definition) is 3. The Balaban J connectivity index is 2.07. The number of carboxylic acids is 1. The smallest absolute Gasteiger partial charge is 0.307 e. The van der Waals surface area contributed by atoms with Crippen LogP contribution in [0, 0.1) is 17.3 Å². The summed E-state index contributed by atoms with van der Waals surface area (Å²) in [5.74, 6) is -2.66. The molecule has 112 valence electrons. The van der Waals surface area contributed by atoms with Crippen molar-refractivity contribution in [1.82, 2.24) is 0 Å². The molecule has 1 aromatic carbocycles. The van der Waals surface area contributed by atoms with Gasteiger partial charge in [0.2, 0.25) is 11.8 Å². The van der Waals surface area contributed by atoms with Crippen LogP contribution in [0.4, 0.5) is 11.4 Å². The molecule has 0 radical (unpaired) electrons. The molecule has 1 fully saturated rings. The standard InChI is InChI=1S/C15H18N2O4/c1-8(18)16-9-5-4-6-10(7-9)17-13(19)11-12(14(20)21)15(11,2)3/h4-7,11-12H,1-3H3,(H,16,18)(H,17,19)(H,20,21)/t11-,12+/m0/s1. The molecular weight excluding hydrogens is 272 g/mol. The van der Waals surface area contributed by atoms with E-state index >= 15 is 0 Å². The van der Waals surface area contributed by atoms with Crippen molar-refractivity contribution in [3.05, 3.63) is 24.3 Å². The Kier molecular flexibility index (Phi) is 3.72. The van der Waals surface area contributed by atoms with Crippen LogP contribution in [-0.4, -0.2) is 22.9 Å². The molecule has 6 nitrogen and oxygen atoms in total. The van der Waals surface area contributed by atoms with Crippen LogP contribution >= 0.6 is 0 Å². The zero-order chi connectivity index (χ0) is 15.8. The van der Waals surface area contributed by atoms with Crippen molar-refractivity contribution in [3.63, 3.8) is 0 Å². The van der Waals surface area contributed by atoms with Gasteiger partial charge in [0.1, 0.15) is 0 Å². The summed E-state index contributed by atoms with van der Waals surface area (Å²) < 4.78 is 0. The lowest BCUT2D eigenvalue weighted by molar-refractivity contribution is -0.140. The average molecular weight is 290 g/mol. The molecule has 2 atom stereocenters. The quantitative estimate of drug-likeness (QED) is 0.789. The van der Waals surface area contributed by atoms with Crippen LogP contribution in [0.5, 0.6) is 0 Å². The van der Waals surface area contributed by atoms with Crippen molar-refractivity contribution >= 4 is 29.2 Å². The van der Waals surface area contributed by atoms with Crippen LogP contribution in [0.25, 0.3) is 0 Å². The second kappa shape index (κ2) is 5.20. The average Bonchev–Trinajstić information content (AvgIpc) is 2.92. The summed E-state index contributed by atoms with van der Waals surface area (Å²) in [4.78, 5) is 34.3. The molecule has 1 saturated carbocycles. The molecule has 1 aromatic rings. The fourth-order valence-corrected chi connectivity index (χ4v) is 2.69. The number of benzene rings is 1. The third-order valence-corrected chi connectivity index (χ3v) is 3.83. The molecule has 2 amide bonds. The zero-order valence-corrected chi connectivity index (χ0v) is 12.1. The first-order chi connectivity index (χ1) is 9.73. The lowest BCUT2D eigenvalue weighted by atomic mass is 10.1. The summed E-state index contributed by atoms with van der Waals surface area (Å²) in [6.07, 6.45) is 0. The molecule has 0 saturated heterocycles. The zero-order valence-electron chi connectivity index (χ0n) is 12.1. The second-order valence-electron chi connectivity index (χ2n) is 5.87. The van der Waals surface area contributed by atoms with E-state index in [1.165, 1.54) is 6.92 Å². The van der Waals surface area contributed by atoms with Gasteiger partial charge in [-0.15, -0.1) is 0 Å². The van der Waals surface area contributed by atoms with Gasteiger partial charge in [-0.2, -0.15) is 0 Å². The minimum Gasteiger partial charge on any atom is -0.481 e. The molecule has 21 heavy (non-hydrogen) atoms. The summed E-state index contributed by atoms with van der Waals surface area (Å²) in [7, 11) is 0. The first-order valence-corrected chi connectivity index (χ1v) is 6.65. The molecule has 3 N–H and O–H groups in total. The molecule has 2 rings (SSSR count). The molecule has 1 aliphatic carbocycles. The number of aliphatic carboxylic acids is 1. The monoisotopic (exact) mass is 290 g/mol. The first kappa shape index (κ1) is 15.0. The Morgan fingerprint density at radius 3 is 2.14 bits per heavy atom. The van der Waals surface area contributed by atoms with E-state index in [4.69, 9.17) is 5.11 Å². The maximum atomic E-state index is 12.2. The van der Waals surface area contributed by atoms with Gasteiger partial charge in [0, 0.05) is 18.3 Å². The van der Waals surface area contributed by atoms with Crippen LogP contribution in [0.3, 0.4) is 0 Å². The molecule has 0 heterocycles. The second-order valence-corrected chi connectivity index (χ2v) is 5.87. The van der Waals surface area contributed by atoms with Gasteiger partial charge in [0.15, 0.2) is 0 Å². The summed E-state index contributed by atoms with van der Waals surface area (Å²) in [5.41, 5.74) is 0.564. The lowest BCUT2D eigenvalue weighted by Gasteiger charge is -2.08. The van der Waals surface area contributed by atoms with E-state index in [-0.39, 0.29) is 11.8 Å². The molecule has 6 heteroatoms. The van der Waals surface area contributed by atoms with Gasteiger partial charge in [0.05, 0.1) is 11.8 Å². The van der Waals surface area contributed by atoms with E-state index in [1.807, 2.05) is 0 Å². The van der Waals surface area contributed by atoms with Crippen molar-refractivity contribution in [1.29, 1.82) is 0 Å². The number of carboxylic acid groups (broad SMARTS) is 1. The minimum atomic E-state index is -0.952. The fraction of sp³-hybridized carbons (Fsp3) is 0.400. The van der Waals surface area contributed by atoms with Crippen molar-refractivity contribution in [3.8, 4) is 0 Å². The third-order valence-electron chi connectivity index (χ3n) is 3.83. The number of anilines is 2. The summed E-state index contributed by atoms with van der Waals surface area (Å²) in [5, 5.41) is 14.4. The van der Waals surface area contributed by atoms with Gasteiger partial charge < -0.3 is 15.7 Å². The molecule has 0 aromatic heterocycles. The van der Waals surface area contributed by atoms with E-state index in [1.54, 1.807) is 38.1 Å². The van der Waals surface area contributed by atoms with Gasteiger partial charge in [0.25, 0.3) is 0 Å². The SMILES string of the molecule is CC(=O)Nc1cccc(NC(=O)[C@@H]2[C@H](C(=O)O)C2(C)C)c1. The molecular formula is C15H18N2O4. The van der Waals surface area contributed by atoms with Gasteiger partial charge in [-0.05, 0) is 23.6 Å². The van der Waals surface area contributed by atoms with Gasteiger partial charge in [-0.25, -0.2) is 0 Å². The molecule has 0 bridgehead atoms. The fourth-order valence-electron chi connectivity index (χ4n) is 2.69. The Morgan fingerprint density at radius 2 is 1.67 bits per heavy atom. The van der Waals surface area contributed by atoms with Crippen molar-refractivity contribution in [2.24, 2.45) is 17.3 Å². The number of rotatable bonds is 4. The van der Waals surface area contributed by atoms with Crippen LogP contribution in [-0.2, 0) is 14.4 Å². The first-order valence-electron chi connectivity index (χ1n) is 6.65. The molecule has 0 spiro atoms. The highest BCUT2D eigenvalue weighted by Gasteiger charge is 2.65. The highest BCUT2D eigenvalue weighted by Crippen LogP contribution is 2.58. The highest BCUT2D eigenvalue weighted by atomic mass is 16.4. The molecule has 0 aliphatic heterocycles. The number of nitrogens with one attached hydrogen (secondary N) is 2. The van der Waals surface area contributed by atoms with Crippen molar-refractivity contribution in [2.45, 2.75) is 20.8 Å². The number of carbonyl (C=O) groups is 3. The molecule has 0 unspecified atom stereocenters. The van der Waals surface area contributed by atoms with Crippen LogP contribution < -0.4 is 10.6 Å². The van der Waals surface area contributed by atoms with E-state index in [2.05, 4.69) is 10.6 Å².